The highest BCUT2D eigenvalue weighted by molar-refractivity contribution is 6.05. The number of rotatable bonds is 2. The van der Waals surface area contributed by atoms with Gasteiger partial charge >= 0.3 is 6.03 Å². The smallest absolute Gasteiger partial charge is 0.317 e. The van der Waals surface area contributed by atoms with Crippen LogP contribution in [0.5, 0.6) is 0 Å². The van der Waals surface area contributed by atoms with Crippen molar-refractivity contribution < 1.29 is 9.21 Å². The molecule has 1 unspecified atom stereocenters. The van der Waals surface area contributed by atoms with E-state index in [1.54, 1.807) is 6.33 Å². The lowest BCUT2D eigenvalue weighted by Crippen LogP contribution is -2.49. The van der Waals surface area contributed by atoms with E-state index in [1.807, 2.05) is 29.2 Å². The molecule has 0 saturated carbocycles. The monoisotopic (exact) mass is 337 g/mol. The van der Waals surface area contributed by atoms with Gasteiger partial charge in [0.05, 0.1) is 6.04 Å². The molecule has 2 saturated heterocycles. The molecule has 2 amide bonds. The van der Waals surface area contributed by atoms with Gasteiger partial charge in [-0.15, -0.1) is 0 Å². The number of nitrogens with one attached hydrogen (secondary N) is 1. The van der Waals surface area contributed by atoms with Crippen LogP contribution in [-0.4, -0.2) is 53.1 Å². The summed E-state index contributed by atoms with van der Waals surface area (Å²) in [6.45, 7) is 3.20. The van der Waals surface area contributed by atoms with Crippen LogP contribution in [0.1, 0.15) is 12.8 Å². The Morgan fingerprint density at radius 2 is 2.12 bits per heavy atom. The molecule has 4 heterocycles. The summed E-state index contributed by atoms with van der Waals surface area (Å²) in [7, 11) is 0. The largest absolute Gasteiger partial charge is 0.450 e. The summed E-state index contributed by atoms with van der Waals surface area (Å²) in [5.41, 5.74) is 2.41. The van der Waals surface area contributed by atoms with Crippen LogP contribution in [0.2, 0.25) is 0 Å². The third-order valence-corrected chi connectivity index (χ3v) is 5.17. The number of amides is 2. The standard InChI is InChI=1S/C18H19N5O2/c24-18-19-7-9-23(18)12-4-3-8-22(10-12)17-16-15(20-11-21-17)13-5-1-2-6-14(13)25-16/h1-2,5-6,11-12H,3-4,7-10H2,(H,19,24). The van der Waals surface area contributed by atoms with Gasteiger partial charge in [-0.2, -0.15) is 0 Å². The minimum Gasteiger partial charge on any atom is -0.450 e. The maximum absolute atomic E-state index is 12.0. The fourth-order valence-electron chi connectivity index (χ4n) is 3.97. The molecule has 0 radical (unpaired) electrons. The average Bonchev–Trinajstić information content (AvgIpc) is 3.25. The molecule has 1 aromatic carbocycles. The van der Waals surface area contributed by atoms with Crippen LogP contribution in [0.3, 0.4) is 0 Å². The Labute approximate surface area is 144 Å². The number of nitrogens with zero attached hydrogens (tertiary/aromatic N) is 4. The van der Waals surface area contributed by atoms with Crippen LogP contribution in [0.4, 0.5) is 10.6 Å². The van der Waals surface area contributed by atoms with E-state index in [9.17, 15) is 4.79 Å². The Bertz CT molecular complexity index is 953. The number of hydrogen-bond donors (Lipinski definition) is 1. The Kier molecular flexibility index (Phi) is 3.26. The minimum atomic E-state index is 0.0448. The Morgan fingerprint density at radius 3 is 3.00 bits per heavy atom. The van der Waals surface area contributed by atoms with Gasteiger partial charge in [-0.3, -0.25) is 0 Å². The van der Waals surface area contributed by atoms with Crippen LogP contribution < -0.4 is 10.2 Å². The van der Waals surface area contributed by atoms with Gasteiger partial charge in [0, 0.05) is 31.6 Å². The van der Waals surface area contributed by atoms with Gasteiger partial charge in [-0.1, -0.05) is 12.1 Å². The number of aromatic nitrogens is 2. The van der Waals surface area contributed by atoms with Crippen LogP contribution in [0.15, 0.2) is 35.0 Å². The second kappa shape index (κ2) is 5.61. The van der Waals surface area contributed by atoms with E-state index in [0.29, 0.717) is 0 Å². The second-order valence-corrected chi connectivity index (χ2v) is 6.64. The molecule has 25 heavy (non-hydrogen) atoms. The molecule has 2 aliphatic rings. The van der Waals surface area contributed by atoms with Gasteiger partial charge < -0.3 is 19.5 Å². The van der Waals surface area contributed by atoms with Gasteiger partial charge in [0.15, 0.2) is 11.4 Å². The molecule has 2 aliphatic heterocycles. The first-order valence-electron chi connectivity index (χ1n) is 8.73. The van der Waals surface area contributed by atoms with Crippen LogP contribution in [-0.2, 0) is 0 Å². The van der Waals surface area contributed by atoms with Crippen molar-refractivity contribution in [3.63, 3.8) is 0 Å². The van der Waals surface area contributed by atoms with Crippen LogP contribution in [0.25, 0.3) is 22.1 Å². The van der Waals surface area contributed by atoms with Crippen molar-refractivity contribution >= 4 is 33.9 Å². The van der Waals surface area contributed by atoms with Gasteiger partial charge in [0.25, 0.3) is 0 Å². The summed E-state index contributed by atoms with van der Waals surface area (Å²) in [4.78, 5) is 25.1. The van der Waals surface area contributed by atoms with Crippen molar-refractivity contribution in [1.82, 2.24) is 20.2 Å². The summed E-state index contributed by atoms with van der Waals surface area (Å²) in [5.74, 6) is 0.825. The number of carbonyl (C=O) groups excluding carboxylic acids is 1. The maximum atomic E-state index is 12.0. The molecule has 2 aromatic heterocycles. The number of furan rings is 1. The van der Waals surface area contributed by atoms with E-state index in [0.717, 1.165) is 66.9 Å². The normalized spacial score (nSPS) is 21.3. The summed E-state index contributed by atoms with van der Waals surface area (Å²) in [5, 5.41) is 3.90. The molecule has 7 heteroatoms. The quantitative estimate of drug-likeness (QED) is 0.777. The molecular weight excluding hydrogens is 318 g/mol. The van der Waals surface area contributed by atoms with Crippen molar-refractivity contribution in [3.05, 3.63) is 30.6 Å². The molecule has 1 atom stereocenters. The number of benzene rings is 1. The van der Waals surface area contributed by atoms with E-state index in [1.165, 1.54) is 0 Å². The molecule has 5 rings (SSSR count). The third-order valence-electron chi connectivity index (χ3n) is 5.17. The van der Waals surface area contributed by atoms with E-state index in [4.69, 9.17) is 4.42 Å². The lowest BCUT2D eigenvalue weighted by Gasteiger charge is -2.37. The van der Waals surface area contributed by atoms with Gasteiger partial charge in [0.1, 0.15) is 17.4 Å². The zero-order chi connectivity index (χ0) is 16.8. The highest BCUT2D eigenvalue weighted by atomic mass is 16.3. The van der Waals surface area contributed by atoms with Crippen molar-refractivity contribution in [2.24, 2.45) is 0 Å². The third kappa shape index (κ3) is 2.30. The first-order chi connectivity index (χ1) is 12.3. The van der Waals surface area contributed by atoms with Crippen molar-refractivity contribution in [1.29, 1.82) is 0 Å². The van der Waals surface area contributed by atoms with E-state index >= 15 is 0 Å². The fraction of sp³-hybridized carbons (Fsp3) is 0.389. The molecular formula is C18H19N5O2. The van der Waals surface area contributed by atoms with Gasteiger partial charge in [-0.05, 0) is 25.0 Å². The van der Waals surface area contributed by atoms with E-state index < -0.39 is 0 Å². The minimum absolute atomic E-state index is 0.0448. The number of hydrogen-bond acceptors (Lipinski definition) is 5. The predicted octanol–water partition coefficient (Wildman–Crippen LogP) is 2.37. The van der Waals surface area contributed by atoms with Gasteiger partial charge in [-0.25, -0.2) is 14.8 Å². The molecule has 1 N–H and O–H groups in total. The average molecular weight is 337 g/mol. The molecule has 3 aromatic rings. The zero-order valence-electron chi connectivity index (χ0n) is 13.8. The number of urea groups is 1. The summed E-state index contributed by atoms with van der Waals surface area (Å²) < 4.78 is 6.06. The summed E-state index contributed by atoms with van der Waals surface area (Å²) in [6.07, 6.45) is 3.66. The first-order valence-corrected chi connectivity index (χ1v) is 8.73. The van der Waals surface area contributed by atoms with Crippen LogP contribution in [0, 0.1) is 0 Å². The number of anilines is 1. The number of piperidine rings is 1. The number of para-hydroxylation sites is 1. The fourth-order valence-corrected chi connectivity index (χ4v) is 3.97. The number of fused-ring (bicyclic) bond motifs is 3. The molecule has 2 fully saturated rings. The van der Waals surface area contributed by atoms with Crippen molar-refractivity contribution in [3.8, 4) is 0 Å². The topological polar surface area (TPSA) is 74.5 Å². The Balaban J connectivity index is 1.53. The maximum Gasteiger partial charge on any atom is 0.317 e. The molecule has 7 nitrogen and oxygen atoms in total. The first kappa shape index (κ1) is 14.5. The lowest BCUT2D eigenvalue weighted by atomic mass is 10.0. The van der Waals surface area contributed by atoms with Crippen LogP contribution >= 0.6 is 0 Å². The highest BCUT2D eigenvalue weighted by Gasteiger charge is 2.32. The van der Waals surface area contributed by atoms with Crippen molar-refractivity contribution in [2.45, 2.75) is 18.9 Å². The van der Waals surface area contributed by atoms with Gasteiger partial charge in [0.2, 0.25) is 0 Å². The zero-order valence-corrected chi connectivity index (χ0v) is 13.8. The predicted molar refractivity (Wildman–Crippen MR) is 94.6 cm³/mol. The molecule has 0 bridgehead atoms. The summed E-state index contributed by atoms with van der Waals surface area (Å²) >= 11 is 0. The number of carbonyl (C=O) groups is 1. The molecule has 0 aliphatic carbocycles. The summed E-state index contributed by atoms with van der Waals surface area (Å²) in [6, 6.07) is 8.18. The lowest BCUT2D eigenvalue weighted by molar-refractivity contribution is 0.189. The highest BCUT2D eigenvalue weighted by Crippen LogP contribution is 2.33. The Hall–Kier alpha value is -2.83. The Morgan fingerprint density at radius 1 is 1.20 bits per heavy atom. The van der Waals surface area contributed by atoms with E-state index in [2.05, 4.69) is 20.2 Å². The molecule has 128 valence electrons. The van der Waals surface area contributed by atoms with E-state index in [-0.39, 0.29) is 12.1 Å². The SMILES string of the molecule is O=C1NCCN1C1CCCN(c2ncnc3c2oc2ccccc23)C1. The molecule has 0 spiro atoms. The second-order valence-electron chi connectivity index (χ2n) is 6.64. The van der Waals surface area contributed by atoms with Crippen molar-refractivity contribution in [2.75, 3.05) is 31.1 Å².